The van der Waals surface area contributed by atoms with E-state index in [1.807, 2.05) is 49.3 Å². The Bertz CT molecular complexity index is 716. The van der Waals surface area contributed by atoms with Gasteiger partial charge in [0.25, 0.3) is 0 Å². The van der Waals surface area contributed by atoms with E-state index in [0.717, 1.165) is 11.1 Å². The lowest BCUT2D eigenvalue weighted by molar-refractivity contribution is -0.142. The van der Waals surface area contributed by atoms with Crippen LogP contribution < -0.4 is 0 Å². The van der Waals surface area contributed by atoms with Crippen molar-refractivity contribution in [2.75, 3.05) is 19.7 Å². The van der Waals surface area contributed by atoms with Gasteiger partial charge in [-0.25, -0.2) is 0 Å². The van der Waals surface area contributed by atoms with Crippen LogP contribution in [-0.4, -0.2) is 40.3 Å². The number of aryl methyl sites for hydroxylation is 1. The fraction of sp³-hybridized carbons (Fsp3) is 0.444. The summed E-state index contributed by atoms with van der Waals surface area (Å²) in [5.41, 5.74) is 2.10. The first-order chi connectivity index (χ1) is 11.5. The summed E-state index contributed by atoms with van der Waals surface area (Å²) in [5.74, 6) is 0.0725. The van der Waals surface area contributed by atoms with Crippen molar-refractivity contribution in [1.29, 1.82) is 0 Å². The summed E-state index contributed by atoms with van der Waals surface area (Å²) in [4.78, 5) is 14.7. The first kappa shape index (κ1) is 17.0. The summed E-state index contributed by atoms with van der Waals surface area (Å²) in [6.07, 6.45) is 4.32. The second kappa shape index (κ2) is 7.36. The van der Waals surface area contributed by atoms with Crippen molar-refractivity contribution >= 4 is 17.5 Å². The van der Waals surface area contributed by atoms with Gasteiger partial charge in [-0.15, -0.1) is 0 Å². The van der Waals surface area contributed by atoms with Gasteiger partial charge in [0.2, 0.25) is 5.91 Å². The van der Waals surface area contributed by atoms with Gasteiger partial charge in [-0.3, -0.25) is 9.48 Å². The van der Waals surface area contributed by atoms with E-state index in [4.69, 9.17) is 16.3 Å². The van der Waals surface area contributed by atoms with Crippen LogP contribution in [0.25, 0.3) is 0 Å². The van der Waals surface area contributed by atoms with Crippen molar-refractivity contribution in [2.45, 2.75) is 19.4 Å². The number of halogens is 1. The van der Waals surface area contributed by atoms with Crippen molar-refractivity contribution in [3.05, 3.63) is 52.8 Å². The van der Waals surface area contributed by atoms with Crippen molar-refractivity contribution in [3.63, 3.8) is 0 Å². The number of aromatic nitrogens is 2. The van der Waals surface area contributed by atoms with Crippen molar-refractivity contribution in [1.82, 2.24) is 14.7 Å². The molecule has 0 unspecified atom stereocenters. The summed E-state index contributed by atoms with van der Waals surface area (Å²) in [7, 11) is 1.88. The van der Waals surface area contributed by atoms with E-state index < -0.39 is 0 Å². The zero-order valence-electron chi connectivity index (χ0n) is 14.0. The zero-order valence-corrected chi connectivity index (χ0v) is 14.7. The van der Waals surface area contributed by atoms with Gasteiger partial charge in [-0.05, 0) is 24.1 Å². The molecule has 24 heavy (non-hydrogen) atoms. The monoisotopic (exact) mass is 347 g/mol. The molecule has 0 N–H and O–H groups in total. The van der Waals surface area contributed by atoms with Gasteiger partial charge in [0.1, 0.15) is 6.10 Å². The highest BCUT2D eigenvalue weighted by molar-refractivity contribution is 6.30. The van der Waals surface area contributed by atoms with Crippen LogP contribution in [0, 0.1) is 5.92 Å². The first-order valence-corrected chi connectivity index (χ1v) is 8.54. The average Bonchev–Trinajstić information content (AvgIpc) is 3.01. The Labute approximate surface area is 147 Å². The lowest BCUT2D eigenvalue weighted by Gasteiger charge is -2.34. The van der Waals surface area contributed by atoms with Gasteiger partial charge < -0.3 is 9.64 Å². The minimum atomic E-state index is -0.102. The highest BCUT2D eigenvalue weighted by Gasteiger charge is 2.28. The Morgan fingerprint density at radius 3 is 3.04 bits per heavy atom. The summed E-state index contributed by atoms with van der Waals surface area (Å²) in [5, 5.41) is 4.89. The number of benzene rings is 1. The summed E-state index contributed by atoms with van der Waals surface area (Å²) in [6.45, 7) is 3.73. The molecule has 1 aromatic heterocycles. The Hall–Kier alpha value is -1.85. The lowest BCUT2D eigenvalue weighted by Crippen LogP contribution is -2.44. The van der Waals surface area contributed by atoms with E-state index in [9.17, 15) is 4.79 Å². The van der Waals surface area contributed by atoms with Crippen LogP contribution in [0.1, 0.15) is 24.2 Å². The molecule has 1 saturated heterocycles. The molecule has 2 atom stereocenters. The van der Waals surface area contributed by atoms with Crippen LogP contribution >= 0.6 is 11.6 Å². The average molecular weight is 348 g/mol. The predicted octanol–water partition coefficient (Wildman–Crippen LogP) is 2.85. The minimum Gasteiger partial charge on any atom is -0.370 e. The van der Waals surface area contributed by atoms with Crippen LogP contribution in [0.4, 0.5) is 0 Å². The Balaban J connectivity index is 1.63. The van der Waals surface area contributed by atoms with Gasteiger partial charge >= 0.3 is 0 Å². The molecule has 6 heteroatoms. The van der Waals surface area contributed by atoms with Gasteiger partial charge in [-0.2, -0.15) is 5.10 Å². The highest BCUT2D eigenvalue weighted by atomic mass is 35.5. The van der Waals surface area contributed by atoms with Gasteiger partial charge in [0.05, 0.1) is 19.3 Å². The molecule has 1 amide bonds. The number of hydrogen-bond acceptors (Lipinski definition) is 3. The van der Waals surface area contributed by atoms with Gasteiger partial charge in [0, 0.05) is 36.3 Å². The zero-order chi connectivity index (χ0) is 17.1. The van der Waals surface area contributed by atoms with E-state index in [0.29, 0.717) is 31.1 Å². The minimum absolute atomic E-state index is 0.0869. The van der Waals surface area contributed by atoms with Gasteiger partial charge in [0.15, 0.2) is 0 Å². The number of carbonyl (C=O) groups is 1. The molecule has 3 rings (SSSR count). The smallest absolute Gasteiger partial charge is 0.225 e. The largest absolute Gasteiger partial charge is 0.370 e. The molecular formula is C18H22ClN3O2. The molecular weight excluding hydrogens is 326 g/mol. The molecule has 0 bridgehead atoms. The second-order valence-corrected chi connectivity index (χ2v) is 6.76. The van der Waals surface area contributed by atoms with E-state index >= 15 is 0 Å². The number of rotatable bonds is 4. The summed E-state index contributed by atoms with van der Waals surface area (Å²) in [6, 6.07) is 7.69. The Morgan fingerprint density at radius 2 is 2.33 bits per heavy atom. The molecule has 0 aliphatic carbocycles. The van der Waals surface area contributed by atoms with Crippen molar-refractivity contribution < 1.29 is 9.53 Å². The Kier molecular flexibility index (Phi) is 5.21. The fourth-order valence-electron chi connectivity index (χ4n) is 3.07. The normalized spacial score (nSPS) is 19.3. The molecule has 1 aromatic carbocycles. The fourth-order valence-corrected chi connectivity index (χ4v) is 3.29. The second-order valence-electron chi connectivity index (χ2n) is 6.33. The molecule has 0 radical (unpaired) electrons. The van der Waals surface area contributed by atoms with E-state index in [1.165, 1.54) is 0 Å². The maximum absolute atomic E-state index is 12.8. The third kappa shape index (κ3) is 3.97. The molecule has 128 valence electrons. The SMILES string of the molecule is C[C@H](Cc1cccc(Cl)c1)C(=O)N1CCO[C@@H](c2cnn(C)c2)C1. The highest BCUT2D eigenvalue weighted by Crippen LogP contribution is 2.23. The number of amides is 1. The van der Waals surface area contributed by atoms with Crippen LogP contribution in [0.2, 0.25) is 5.02 Å². The maximum atomic E-state index is 12.8. The number of carbonyl (C=O) groups excluding carboxylic acids is 1. The standard InChI is InChI=1S/C18H22ClN3O2/c1-13(8-14-4-3-5-16(19)9-14)18(23)22-6-7-24-17(12-22)15-10-20-21(2)11-15/h3-5,9-11,13,17H,6-8,12H2,1-2H3/t13-,17-/m1/s1. The van der Waals surface area contributed by atoms with Crippen LogP contribution in [0.5, 0.6) is 0 Å². The molecule has 1 aliphatic rings. The van der Waals surface area contributed by atoms with E-state index in [1.54, 1.807) is 10.9 Å². The molecule has 0 saturated carbocycles. The van der Waals surface area contributed by atoms with E-state index in [-0.39, 0.29) is 17.9 Å². The molecule has 5 nitrogen and oxygen atoms in total. The van der Waals surface area contributed by atoms with Gasteiger partial charge in [-0.1, -0.05) is 30.7 Å². The molecule has 1 fully saturated rings. The first-order valence-electron chi connectivity index (χ1n) is 8.16. The quantitative estimate of drug-likeness (QED) is 0.854. The van der Waals surface area contributed by atoms with Crippen molar-refractivity contribution in [3.8, 4) is 0 Å². The van der Waals surface area contributed by atoms with Crippen LogP contribution in [-0.2, 0) is 23.0 Å². The lowest BCUT2D eigenvalue weighted by atomic mass is 9.99. The molecule has 1 aliphatic heterocycles. The number of morpholine rings is 1. The van der Waals surface area contributed by atoms with E-state index in [2.05, 4.69) is 5.10 Å². The predicted molar refractivity (Wildman–Crippen MR) is 92.8 cm³/mol. The summed E-state index contributed by atoms with van der Waals surface area (Å²) < 4.78 is 7.56. The number of hydrogen-bond donors (Lipinski definition) is 0. The topological polar surface area (TPSA) is 47.4 Å². The van der Waals surface area contributed by atoms with Crippen LogP contribution in [0.15, 0.2) is 36.7 Å². The van der Waals surface area contributed by atoms with Crippen LogP contribution in [0.3, 0.4) is 0 Å². The molecule has 2 aromatic rings. The number of nitrogens with zero attached hydrogens (tertiary/aromatic N) is 3. The Morgan fingerprint density at radius 1 is 1.50 bits per heavy atom. The molecule has 0 spiro atoms. The third-order valence-electron chi connectivity index (χ3n) is 4.33. The number of ether oxygens (including phenoxy) is 1. The molecule has 2 heterocycles. The maximum Gasteiger partial charge on any atom is 0.225 e. The van der Waals surface area contributed by atoms with Crippen molar-refractivity contribution in [2.24, 2.45) is 13.0 Å². The third-order valence-corrected chi connectivity index (χ3v) is 4.56. The summed E-state index contributed by atoms with van der Waals surface area (Å²) >= 11 is 6.03.